The molecule has 0 saturated carbocycles. The number of aromatic nitrogens is 1. The number of aliphatic hydroxyl groups excluding tert-OH is 1. The number of thiazole rings is 1. The third-order valence-corrected chi connectivity index (χ3v) is 6.47. The molecular formula is C22H30N4O3S. The minimum absolute atomic E-state index is 0.129. The van der Waals surface area contributed by atoms with Crippen molar-refractivity contribution in [1.82, 2.24) is 15.2 Å². The first-order chi connectivity index (χ1) is 14.1. The summed E-state index contributed by atoms with van der Waals surface area (Å²) in [6.45, 7) is 8.11. The number of rotatable bonds is 5. The van der Waals surface area contributed by atoms with E-state index in [1.165, 1.54) is 4.90 Å². The first-order valence-corrected chi connectivity index (χ1v) is 11.0. The van der Waals surface area contributed by atoms with Crippen LogP contribution in [0, 0.1) is 12.3 Å². The van der Waals surface area contributed by atoms with E-state index in [4.69, 9.17) is 5.73 Å². The fraction of sp³-hybridized carbons (Fsp3) is 0.500. The summed E-state index contributed by atoms with van der Waals surface area (Å²) in [6, 6.07) is 6.52. The van der Waals surface area contributed by atoms with Crippen molar-refractivity contribution in [1.29, 1.82) is 0 Å². The number of nitrogens with two attached hydrogens (primary N) is 1. The summed E-state index contributed by atoms with van der Waals surface area (Å²) in [4.78, 5) is 32.4. The molecule has 8 heteroatoms. The van der Waals surface area contributed by atoms with E-state index in [-0.39, 0.29) is 24.8 Å². The Morgan fingerprint density at radius 1 is 1.33 bits per heavy atom. The van der Waals surface area contributed by atoms with E-state index in [2.05, 4.69) is 10.3 Å². The predicted octanol–water partition coefficient (Wildman–Crippen LogP) is 2.07. The van der Waals surface area contributed by atoms with Gasteiger partial charge in [-0.05, 0) is 23.5 Å². The second-order valence-corrected chi connectivity index (χ2v) is 9.78. The molecule has 4 N–H and O–H groups in total. The molecule has 0 spiro atoms. The molecule has 0 radical (unpaired) electrons. The Kier molecular flexibility index (Phi) is 6.59. The summed E-state index contributed by atoms with van der Waals surface area (Å²) in [5.74, 6) is -0.577. The number of carbonyl (C=O) groups excluding carboxylic acids is 2. The summed E-state index contributed by atoms with van der Waals surface area (Å²) >= 11 is 1.60. The number of aliphatic hydroxyl groups is 1. The van der Waals surface area contributed by atoms with E-state index in [0.717, 1.165) is 21.7 Å². The van der Waals surface area contributed by atoms with Crippen LogP contribution in [0.3, 0.4) is 0 Å². The van der Waals surface area contributed by atoms with Crippen LogP contribution < -0.4 is 11.1 Å². The van der Waals surface area contributed by atoms with Crippen molar-refractivity contribution < 1.29 is 14.7 Å². The Bertz CT molecular complexity index is 904. The highest BCUT2D eigenvalue weighted by Gasteiger charge is 2.42. The Balaban J connectivity index is 1.63. The van der Waals surface area contributed by atoms with Gasteiger partial charge in [-0.1, -0.05) is 45.0 Å². The first kappa shape index (κ1) is 22.4. The van der Waals surface area contributed by atoms with Crippen LogP contribution in [0.2, 0.25) is 0 Å². The maximum absolute atomic E-state index is 12.8. The highest BCUT2D eigenvalue weighted by Crippen LogP contribution is 2.27. The standard InChI is InChI=1S/C22H30N4O3S/c1-13-18(30-12-25-13)15-7-5-14(6-8-15)10-24-20(28)17-9-16(27)11-26(17)21(29)19(23)22(2,3)4/h5-8,12,16-17,19,27H,9-11,23H2,1-4H3,(H,24,28)/t16-,17+,19?/m0/s1. The number of hydrogen-bond donors (Lipinski definition) is 3. The van der Waals surface area contributed by atoms with Gasteiger partial charge >= 0.3 is 0 Å². The summed E-state index contributed by atoms with van der Waals surface area (Å²) in [7, 11) is 0. The molecule has 2 aromatic rings. The molecule has 2 heterocycles. The molecule has 162 valence electrons. The van der Waals surface area contributed by atoms with Crippen molar-refractivity contribution in [2.45, 2.75) is 58.8 Å². The van der Waals surface area contributed by atoms with E-state index >= 15 is 0 Å². The van der Waals surface area contributed by atoms with Gasteiger partial charge < -0.3 is 21.1 Å². The molecule has 1 aromatic heterocycles. The van der Waals surface area contributed by atoms with E-state index in [1.807, 2.05) is 57.5 Å². The fourth-order valence-electron chi connectivity index (χ4n) is 3.51. The van der Waals surface area contributed by atoms with Crippen molar-refractivity contribution in [3.05, 3.63) is 41.0 Å². The van der Waals surface area contributed by atoms with Gasteiger partial charge in [-0.3, -0.25) is 9.59 Å². The lowest BCUT2D eigenvalue weighted by atomic mass is 9.86. The molecule has 1 unspecified atom stereocenters. The van der Waals surface area contributed by atoms with Crippen LogP contribution in [0.25, 0.3) is 10.4 Å². The van der Waals surface area contributed by atoms with Crippen LogP contribution in [0.4, 0.5) is 0 Å². The average Bonchev–Trinajstić information content (AvgIpc) is 3.30. The number of hydrogen-bond acceptors (Lipinski definition) is 6. The van der Waals surface area contributed by atoms with Crippen LogP contribution in [-0.4, -0.2) is 51.5 Å². The van der Waals surface area contributed by atoms with E-state index in [1.54, 1.807) is 11.3 Å². The molecule has 1 saturated heterocycles. The predicted molar refractivity (Wildman–Crippen MR) is 118 cm³/mol. The van der Waals surface area contributed by atoms with E-state index in [0.29, 0.717) is 6.54 Å². The minimum Gasteiger partial charge on any atom is -0.391 e. The van der Waals surface area contributed by atoms with Gasteiger partial charge in [0.15, 0.2) is 0 Å². The van der Waals surface area contributed by atoms with Crippen LogP contribution in [0.1, 0.15) is 38.4 Å². The Hall–Kier alpha value is -2.29. The van der Waals surface area contributed by atoms with Crippen LogP contribution in [-0.2, 0) is 16.1 Å². The molecule has 30 heavy (non-hydrogen) atoms. The van der Waals surface area contributed by atoms with Gasteiger partial charge in [-0.15, -0.1) is 11.3 Å². The summed E-state index contributed by atoms with van der Waals surface area (Å²) in [6.07, 6.45) is -0.503. The van der Waals surface area contributed by atoms with Crippen molar-refractivity contribution in [2.24, 2.45) is 11.1 Å². The van der Waals surface area contributed by atoms with Crippen molar-refractivity contribution in [3.8, 4) is 10.4 Å². The summed E-state index contributed by atoms with van der Waals surface area (Å²) in [5, 5.41) is 13.0. The molecule has 0 aliphatic carbocycles. The third-order valence-electron chi connectivity index (χ3n) is 5.49. The fourth-order valence-corrected chi connectivity index (χ4v) is 4.33. The summed E-state index contributed by atoms with van der Waals surface area (Å²) in [5.41, 5.74) is 10.6. The zero-order chi connectivity index (χ0) is 22.1. The molecule has 2 amide bonds. The maximum atomic E-state index is 12.8. The van der Waals surface area contributed by atoms with E-state index in [9.17, 15) is 14.7 Å². The molecule has 7 nitrogen and oxygen atoms in total. The number of nitrogens with one attached hydrogen (secondary N) is 1. The van der Waals surface area contributed by atoms with Gasteiger partial charge in [-0.25, -0.2) is 4.98 Å². The number of benzene rings is 1. The lowest BCUT2D eigenvalue weighted by Crippen LogP contribution is -2.54. The molecule has 1 fully saturated rings. The number of aryl methyl sites for hydroxylation is 1. The van der Waals surface area contributed by atoms with Crippen LogP contribution >= 0.6 is 11.3 Å². The van der Waals surface area contributed by atoms with Crippen LogP contribution in [0.5, 0.6) is 0 Å². The first-order valence-electron chi connectivity index (χ1n) is 10.1. The Labute approximate surface area is 181 Å². The number of nitrogens with zero attached hydrogens (tertiary/aromatic N) is 2. The SMILES string of the molecule is Cc1ncsc1-c1ccc(CNC(=O)[C@H]2C[C@H](O)CN2C(=O)C(N)C(C)(C)C)cc1. The van der Waals surface area contributed by atoms with Gasteiger partial charge in [0.25, 0.3) is 0 Å². The van der Waals surface area contributed by atoms with Crippen LogP contribution in [0.15, 0.2) is 29.8 Å². The Morgan fingerprint density at radius 3 is 2.57 bits per heavy atom. The monoisotopic (exact) mass is 430 g/mol. The van der Waals surface area contributed by atoms with Gasteiger partial charge in [0, 0.05) is 19.5 Å². The molecule has 0 bridgehead atoms. The van der Waals surface area contributed by atoms with Crippen molar-refractivity contribution >= 4 is 23.2 Å². The minimum atomic E-state index is -0.735. The number of likely N-dealkylation sites (tertiary alicyclic amines) is 1. The van der Waals surface area contributed by atoms with Crippen molar-refractivity contribution in [3.63, 3.8) is 0 Å². The van der Waals surface area contributed by atoms with Crippen molar-refractivity contribution in [2.75, 3.05) is 6.54 Å². The molecule has 3 atom stereocenters. The lowest BCUT2D eigenvalue weighted by molar-refractivity contribution is -0.141. The zero-order valence-corrected chi connectivity index (χ0v) is 18.7. The number of β-amino-alcohol motifs (C(OH)–C–C–N with tert-alkyl or cyclic N) is 1. The van der Waals surface area contributed by atoms with Gasteiger partial charge in [0.1, 0.15) is 6.04 Å². The van der Waals surface area contributed by atoms with E-state index < -0.39 is 23.6 Å². The highest BCUT2D eigenvalue weighted by molar-refractivity contribution is 7.13. The van der Waals surface area contributed by atoms with Gasteiger partial charge in [0.05, 0.1) is 28.2 Å². The largest absolute Gasteiger partial charge is 0.391 e. The second-order valence-electron chi connectivity index (χ2n) is 8.92. The molecule has 1 aliphatic heterocycles. The highest BCUT2D eigenvalue weighted by atomic mass is 32.1. The maximum Gasteiger partial charge on any atom is 0.243 e. The summed E-state index contributed by atoms with van der Waals surface area (Å²) < 4.78 is 0. The molecule has 1 aromatic carbocycles. The number of carbonyl (C=O) groups is 2. The smallest absolute Gasteiger partial charge is 0.243 e. The second kappa shape index (κ2) is 8.83. The normalized spacial score (nSPS) is 20.3. The quantitative estimate of drug-likeness (QED) is 0.673. The third kappa shape index (κ3) is 4.88. The number of amides is 2. The van der Waals surface area contributed by atoms with Gasteiger partial charge in [-0.2, -0.15) is 0 Å². The zero-order valence-electron chi connectivity index (χ0n) is 17.9. The molecular weight excluding hydrogens is 400 g/mol. The van der Waals surface area contributed by atoms with Gasteiger partial charge in [0.2, 0.25) is 11.8 Å². The lowest BCUT2D eigenvalue weighted by Gasteiger charge is -2.32. The topological polar surface area (TPSA) is 109 Å². The average molecular weight is 431 g/mol. The Morgan fingerprint density at radius 2 is 2.00 bits per heavy atom. The molecule has 1 aliphatic rings. The molecule has 3 rings (SSSR count).